The van der Waals surface area contributed by atoms with Gasteiger partial charge in [-0.3, -0.25) is 4.68 Å². The Hall–Kier alpha value is -2.44. The number of fused-ring (bicyclic) bond motifs is 1. The van der Waals surface area contributed by atoms with Crippen molar-refractivity contribution < 1.29 is 0 Å². The van der Waals surface area contributed by atoms with E-state index in [2.05, 4.69) is 29.5 Å². The number of imidazole rings is 1. The SMILES string of the molecule is Cn1ncc2c(N3CCC(CCCn4ccnc4)CC3)ncnc21. The Labute approximate surface area is 141 Å². The van der Waals surface area contributed by atoms with E-state index in [1.807, 2.05) is 36.6 Å². The Bertz CT molecular complexity index is 784. The van der Waals surface area contributed by atoms with Gasteiger partial charge < -0.3 is 9.47 Å². The number of aromatic nitrogens is 6. The molecule has 0 amide bonds. The smallest absolute Gasteiger partial charge is 0.163 e. The summed E-state index contributed by atoms with van der Waals surface area (Å²) in [7, 11) is 1.92. The maximum atomic E-state index is 4.52. The summed E-state index contributed by atoms with van der Waals surface area (Å²) in [5, 5.41) is 5.37. The van der Waals surface area contributed by atoms with Crippen LogP contribution in [-0.4, -0.2) is 42.4 Å². The van der Waals surface area contributed by atoms with Gasteiger partial charge in [0.05, 0.1) is 17.9 Å². The molecule has 1 aliphatic rings. The van der Waals surface area contributed by atoms with E-state index in [1.165, 1.54) is 25.7 Å². The average molecular weight is 325 g/mol. The van der Waals surface area contributed by atoms with E-state index in [0.717, 1.165) is 42.4 Å². The highest BCUT2D eigenvalue weighted by atomic mass is 15.3. The molecule has 0 aliphatic carbocycles. The number of nitrogens with zero attached hydrogens (tertiary/aromatic N) is 7. The van der Waals surface area contributed by atoms with Crippen LogP contribution in [-0.2, 0) is 13.6 Å². The lowest BCUT2D eigenvalue weighted by Crippen LogP contribution is -2.34. The Balaban J connectivity index is 1.34. The van der Waals surface area contributed by atoms with Crippen LogP contribution in [0.15, 0.2) is 31.2 Å². The Morgan fingerprint density at radius 3 is 2.88 bits per heavy atom. The monoisotopic (exact) mass is 325 g/mol. The molecule has 0 N–H and O–H groups in total. The second-order valence-corrected chi connectivity index (χ2v) is 6.58. The van der Waals surface area contributed by atoms with Crippen molar-refractivity contribution in [3.05, 3.63) is 31.2 Å². The summed E-state index contributed by atoms with van der Waals surface area (Å²) in [4.78, 5) is 15.3. The quantitative estimate of drug-likeness (QED) is 0.720. The molecule has 0 saturated carbocycles. The van der Waals surface area contributed by atoms with E-state index in [1.54, 1.807) is 6.33 Å². The molecular weight excluding hydrogens is 302 g/mol. The third-order valence-electron chi connectivity index (χ3n) is 5.01. The van der Waals surface area contributed by atoms with Crippen LogP contribution in [0, 0.1) is 5.92 Å². The summed E-state index contributed by atoms with van der Waals surface area (Å²) in [6.07, 6.45) is 14.3. The van der Waals surface area contributed by atoms with Gasteiger partial charge in [0, 0.05) is 39.1 Å². The minimum Gasteiger partial charge on any atom is -0.356 e. The third kappa shape index (κ3) is 2.98. The van der Waals surface area contributed by atoms with Gasteiger partial charge in [0.2, 0.25) is 0 Å². The second-order valence-electron chi connectivity index (χ2n) is 6.58. The molecule has 4 rings (SSSR count). The predicted molar refractivity (Wildman–Crippen MR) is 92.7 cm³/mol. The summed E-state index contributed by atoms with van der Waals surface area (Å²) in [6.45, 7) is 3.20. The van der Waals surface area contributed by atoms with Gasteiger partial charge in [-0.15, -0.1) is 0 Å². The molecule has 7 heteroatoms. The first-order valence-corrected chi connectivity index (χ1v) is 8.64. The second kappa shape index (κ2) is 6.59. The van der Waals surface area contributed by atoms with E-state index in [9.17, 15) is 0 Å². The summed E-state index contributed by atoms with van der Waals surface area (Å²) < 4.78 is 3.97. The molecule has 0 atom stereocenters. The Morgan fingerprint density at radius 1 is 1.21 bits per heavy atom. The zero-order chi connectivity index (χ0) is 16.4. The van der Waals surface area contributed by atoms with Gasteiger partial charge in [0.1, 0.15) is 12.1 Å². The maximum Gasteiger partial charge on any atom is 0.163 e. The van der Waals surface area contributed by atoms with Crippen molar-refractivity contribution in [2.45, 2.75) is 32.2 Å². The highest BCUT2D eigenvalue weighted by Crippen LogP contribution is 2.28. The summed E-state index contributed by atoms with van der Waals surface area (Å²) in [6, 6.07) is 0. The van der Waals surface area contributed by atoms with Gasteiger partial charge in [-0.1, -0.05) is 0 Å². The molecule has 3 aromatic heterocycles. The molecule has 1 saturated heterocycles. The third-order valence-corrected chi connectivity index (χ3v) is 5.01. The van der Waals surface area contributed by atoms with Crippen molar-refractivity contribution in [3.8, 4) is 0 Å². The first kappa shape index (κ1) is 15.1. The zero-order valence-corrected chi connectivity index (χ0v) is 14.0. The maximum absolute atomic E-state index is 4.52. The van der Waals surface area contributed by atoms with Gasteiger partial charge in [0.15, 0.2) is 5.65 Å². The Morgan fingerprint density at radius 2 is 2.08 bits per heavy atom. The fourth-order valence-electron chi connectivity index (χ4n) is 3.62. The number of hydrogen-bond donors (Lipinski definition) is 0. The zero-order valence-electron chi connectivity index (χ0n) is 14.0. The fraction of sp³-hybridized carbons (Fsp3) is 0.529. The van der Waals surface area contributed by atoms with E-state index in [4.69, 9.17) is 0 Å². The topological polar surface area (TPSA) is 64.7 Å². The van der Waals surface area contributed by atoms with E-state index in [-0.39, 0.29) is 0 Å². The van der Waals surface area contributed by atoms with Crippen LogP contribution in [0.1, 0.15) is 25.7 Å². The molecule has 24 heavy (non-hydrogen) atoms. The van der Waals surface area contributed by atoms with E-state index in [0.29, 0.717) is 0 Å². The molecule has 3 aromatic rings. The predicted octanol–water partition coefficient (Wildman–Crippen LogP) is 2.26. The van der Waals surface area contributed by atoms with E-state index >= 15 is 0 Å². The lowest BCUT2D eigenvalue weighted by molar-refractivity contribution is 0.363. The van der Waals surface area contributed by atoms with Crippen LogP contribution < -0.4 is 4.90 Å². The molecule has 0 bridgehead atoms. The first-order chi connectivity index (χ1) is 11.8. The summed E-state index contributed by atoms with van der Waals surface area (Å²) in [5.41, 5.74) is 0.905. The molecule has 126 valence electrons. The van der Waals surface area contributed by atoms with Crippen molar-refractivity contribution in [1.82, 2.24) is 29.3 Å². The summed E-state index contributed by atoms with van der Waals surface area (Å²) >= 11 is 0. The molecule has 0 aromatic carbocycles. The molecule has 4 heterocycles. The normalized spacial score (nSPS) is 16.1. The molecule has 1 aliphatic heterocycles. The van der Waals surface area contributed by atoms with Gasteiger partial charge >= 0.3 is 0 Å². The van der Waals surface area contributed by atoms with E-state index < -0.39 is 0 Å². The number of hydrogen-bond acceptors (Lipinski definition) is 5. The minimum atomic E-state index is 0.816. The van der Waals surface area contributed by atoms with Crippen LogP contribution in [0.2, 0.25) is 0 Å². The summed E-state index contributed by atoms with van der Waals surface area (Å²) in [5.74, 6) is 1.85. The van der Waals surface area contributed by atoms with Crippen molar-refractivity contribution in [2.75, 3.05) is 18.0 Å². The molecule has 0 unspecified atom stereocenters. The van der Waals surface area contributed by atoms with Gasteiger partial charge in [0.25, 0.3) is 0 Å². The first-order valence-electron chi connectivity index (χ1n) is 8.64. The van der Waals surface area contributed by atoms with Gasteiger partial charge in [-0.05, 0) is 31.6 Å². The minimum absolute atomic E-state index is 0.816. The van der Waals surface area contributed by atoms with Gasteiger partial charge in [-0.2, -0.15) is 5.10 Å². The lowest BCUT2D eigenvalue weighted by atomic mass is 9.92. The number of rotatable bonds is 5. The fourth-order valence-corrected chi connectivity index (χ4v) is 3.62. The number of aryl methyl sites for hydroxylation is 2. The average Bonchev–Trinajstić information content (AvgIpc) is 3.26. The highest BCUT2D eigenvalue weighted by Gasteiger charge is 2.22. The Kier molecular flexibility index (Phi) is 4.15. The van der Waals surface area contributed by atoms with Crippen molar-refractivity contribution in [3.63, 3.8) is 0 Å². The number of piperidine rings is 1. The van der Waals surface area contributed by atoms with Crippen LogP contribution in [0.5, 0.6) is 0 Å². The van der Waals surface area contributed by atoms with Crippen LogP contribution in [0.25, 0.3) is 11.0 Å². The van der Waals surface area contributed by atoms with Crippen LogP contribution >= 0.6 is 0 Å². The molecular formula is C17H23N7. The highest BCUT2D eigenvalue weighted by molar-refractivity contribution is 5.86. The molecule has 7 nitrogen and oxygen atoms in total. The van der Waals surface area contributed by atoms with Crippen molar-refractivity contribution in [1.29, 1.82) is 0 Å². The number of anilines is 1. The largest absolute Gasteiger partial charge is 0.356 e. The van der Waals surface area contributed by atoms with Crippen LogP contribution in [0.4, 0.5) is 5.82 Å². The molecule has 0 spiro atoms. The molecule has 1 fully saturated rings. The van der Waals surface area contributed by atoms with Gasteiger partial charge in [-0.25, -0.2) is 15.0 Å². The van der Waals surface area contributed by atoms with Crippen LogP contribution in [0.3, 0.4) is 0 Å². The molecule has 0 radical (unpaired) electrons. The van der Waals surface area contributed by atoms with Crippen molar-refractivity contribution in [2.24, 2.45) is 13.0 Å². The van der Waals surface area contributed by atoms with Crippen molar-refractivity contribution >= 4 is 16.9 Å². The standard InChI is InChI=1S/C17H23N7/c1-22-16-15(11-21-22)17(20-12-19-16)24-8-4-14(5-9-24)3-2-7-23-10-6-18-13-23/h6,10-14H,2-5,7-9H2,1H3. The lowest BCUT2D eigenvalue weighted by Gasteiger charge is -2.33.